The molecule has 4 heteroatoms. The van der Waals surface area contributed by atoms with Crippen LogP contribution in [0.2, 0.25) is 0 Å². The van der Waals surface area contributed by atoms with Gasteiger partial charge in [-0.3, -0.25) is 4.79 Å². The first kappa shape index (κ1) is 8.19. The summed E-state index contributed by atoms with van der Waals surface area (Å²) < 4.78 is 1.63. The molecule has 13 heavy (non-hydrogen) atoms. The Labute approximate surface area is 79.3 Å². The minimum Gasteiger partial charge on any atom is -0.310 e. The number of rotatable bonds is 2. The third-order valence-electron chi connectivity index (χ3n) is 1.71. The Balaban J connectivity index is 2.29. The predicted molar refractivity (Wildman–Crippen MR) is 51.9 cm³/mol. The van der Waals surface area contributed by atoms with Crippen molar-refractivity contribution in [1.82, 2.24) is 9.55 Å². The predicted octanol–water partition coefficient (Wildman–Crippen LogP) is 1.35. The van der Waals surface area contributed by atoms with E-state index in [1.807, 2.05) is 11.4 Å². The molecule has 0 fully saturated rings. The van der Waals surface area contributed by atoms with Crippen LogP contribution in [0.25, 0.3) is 0 Å². The molecule has 0 atom stereocenters. The first-order chi connectivity index (χ1) is 6.36. The fraction of sp³-hybridized carbons (Fsp3) is 0.111. The SMILES string of the molecule is O=c1ccccn1Cc1cscn1. The molecule has 0 aromatic carbocycles. The summed E-state index contributed by atoms with van der Waals surface area (Å²) in [5.74, 6) is 0. The first-order valence-corrected chi connectivity index (χ1v) is 4.83. The largest absolute Gasteiger partial charge is 0.310 e. The molecule has 0 saturated heterocycles. The van der Waals surface area contributed by atoms with Gasteiger partial charge in [-0.2, -0.15) is 0 Å². The van der Waals surface area contributed by atoms with Gasteiger partial charge in [0.15, 0.2) is 0 Å². The summed E-state index contributed by atoms with van der Waals surface area (Å²) in [7, 11) is 0. The topological polar surface area (TPSA) is 34.9 Å². The maximum Gasteiger partial charge on any atom is 0.250 e. The van der Waals surface area contributed by atoms with Gasteiger partial charge in [-0.1, -0.05) is 6.07 Å². The van der Waals surface area contributed by atoms with Crippen LogP contribution in [0.15, 0.2) is 40.1 Å². The summed E-state index contributed by atoms with van der Waals surface area (Å²) in [6.45, 7) is 0.559. The van der Waals surface area contributed by atoms with Crippen molar-refractivity contribution in [2.75, 3.05) is 0 Å². The van der Waals surface area contributed by atoms with E-state index in [4.69, 9.17) is 0 Å². The van der Waals surface area contributed by atoms with Crippen molar-refractivity contribution in [3.63, 3.8) is 0 Å². The lowest BCUT2D eigenvalue weighted by atomic mass is 10.4. The Morgan fingerprint density at radius 3 is 3.08 bits per heavy atom. The molecular formula is C9H8N2OS. The summed E-state index contributed by atoms with van der Waals surface area (Å²) in [5, 5.41) is 1.94. The zero-order valence-electron chi connectivity index (χ0n) is 6.88. The Morgan fingerprint density at radius 2 is 2.38 bits per heavy atom. The number of nitrogens with zero attached hydrogens (tertiary/aromatic N) is 2. The number of hydrogen-bond acceptors (Lipinski definition) is 3. The second-order valence-corrected chi connectivity index (χ2v) is 3.37. The molecule has 3 nitrogen and oxygen atoms in total. The minimum absolute atomic E-state index is 0.00972. The van der Waals surface area contributed by atoms with Gasteiger partial charge in [-0.25, -0.2) is 4.98 Å². The standard InChI is InChI=1S/C9H8N2OS/c12-9-3-1-2-4-11(9)5-8-6-13-7-10-8/h1-4,6-7H,5H2. The molecule has 0 saturated carbocycles. The second kappa shape index (κ2) is 3.53. The van der Waals surface area contributed by atoms with E-state index in [9.17, 15) is 4.79 Å². The summed E-state index contributed by atoms with van der Waals surface area (Å²) in [6.07, 6.45) is 1.77. The minimum atomic E-state index is 0.00972. The van der Waals surface area contributed by atoms with E-state index < -0.39 is 0 Å². The van der Waals surface area contributed by atoms with E-state index in [1.165, 1.54) is 11.3 Å². The highest BCUT2D eigenvalue weighted by Gasteiger charge is 1.97. The van der Waals surface area contributed by atoms with E-state index in [0.29, 0.717) is 6.54 Å². The van der Waals surface area contributed by atoms with Gasteiger partial charge in [0, 0.05) is 17.6 Å². The molecule has 0 aliphatic carbocycles. The van der Waals surface area contributed by atoms with Crippen molar-refractivity contribution in [1.29, 1.82) is 0 Å². The van der Waals surface area contributed by atoms with E-state index >= 15 is 0 Å². The maximum absolute atomic E-state index is 11.3. The molecule has 0 aliphatic heterocycles. The first-order valence-electron chi connectivity index (χ1n) is 3.89. The van der Waals surface area contributed by atoms with E-state index in [0.717, 1.165) is 5.69 Å². The van der Waals surface area contributed by atoms with Crippen LogP contribution in [0.1, 0.15) is 5.69 Å². The van der Waals surface area contributed by atoms with Crippen molar-refractivity contribution >= 4 is 11.3 Å². The quantitative estimate of drug-likeness (QED) is 0.720. The Bertz CT molecular complexity index is 433. The van der Waals surface area contributed by atoms with E-state index in [1.54, 1.807) is 28.4 Å². The molecule has 0 spiro atoms. The molecule has 0 aliphatic rings. The summed E-state index contributed by atoms with van der Waals surface area (Å²) in [5.41, 5.74) is 2.71. The van der Waals surface area contributed by atoms with Crippen LogP contribution < -0.4 is 5.56 Å². The van der Waals surface area contributed by atoms with Crippen LogP contribution in [-0.2, 0) is 6.54 Å². The molecule has 66 valence electrons. The summed E-state index contributed by atoms with van der Waals surface area (Å²) in [4.78, 5) is 15.4. The molecule has 0 amide bonds. The van der Waals surface area contributed by atoms with Gasteiger partial charge in [0.1, 0.15) is 0 Å². The molecular weight excluding hydrogens is 184 g/mol. The third kappa shape index (κ3) is 1.84. The molecule has 0 radical (unpaired) electrons. The number of aromatic nitrogens is 2. The van der Waals surface area contributed by atoms with Gasteiger partial charge in [0.25, 0.3) is 5.56 Å². The second-order valence-electron chi connectivity index (χ2n) is 2.65. The average molecular weight is 192 g/mol. The molecule has 0 bridgehead atoms. The van der Waals surface area contributed by atoms with Crippen LogP contribution in [0.5, 0.6) is 0 Å². The van der Waals surface area contributed by atoms with Crippen molar-refractivity contribution in [2.45, 2.75) is 6.54 Å². The van der Waals surface area contributed by atoms with Gasteiger partial charge in [-0.15, -0.1) is 11.3 Å². The van der Waals surface area contributed by atoms with Crippen LogP contribution in [0.3, 0.4) is 0 Å². The summed E-state index contributed by atoms with van der Waals surface area (Å²) >= 11 is 1.54. The van der Waals surface area contributed by atoms with Crippen molar-refractivity contribution in [2.24, 2.45) is 0 Å². The van der Waals surface area contributed by atoms with Gasteiger partial charge < -0.3 is 4.57 Å². The maximum atomic E-state index is 11.3. The number of pyridine rings is 1. The highest BCUT2D eigenvalue weighted by Crippen LogP contribution is 2.01. The van der Waals surface area contributed by atoms with Crippen molar-refractivity contribution in [3.05, 3.63) is 51.3 Å². The normalized spacial score (nSPS) is 10.2. The van der Waals surface area contributed by atoms with Gasteiger partial charge in [-0.05, 0) is 6.07 Å². The molecule has 2 aromatic rings. The average Bonchev–Trinajstić information content (AvgIpc) is 2.61. The fourth-order valence-electron chi connectivity index (χ4n) is 1.08. The monoisotopic (exact) mass is 192 g/mol. The fourth-order valence-corrected chi connectivity index (χ4v) is 1.63. The van der Waals surface area contributed by atoms with Crippen molar-refractivity contribution < 1.29 is 0 Å². The van der Waals surface area contributed by atoms with Crippen LogP contribution >= 0.6 is 11.3 Å². The zero-order chi connectivity index (χ0) is 9.10. The van der Waals surface area contributed by atoms with Crippen LogP contribution in [0.4, 0.5) is 0 Å². The lowest BCUT2D eigenvalue weighted by Gasteiger charge is -2.00. The third-order valence-corrected chi connectivity index (χ3v) is 2.35. The van der Waals surface area contributed by atoms with Gasteiger partial charge >= 0.3 is 0 Å². The Morgan fingerprint density at radius 1 is 1.46 bits per heavy atom. The van der Waals surface area contributed by atoms with Gasteiger partial charge in [0.2, 0.25) is 0 Å². The lowest BCUT2D eigenvalue weighted by Crippen LogP contribution is -2.18. The highest BCUT2D eigenvalue weighted by molar-refractivity contribution is 7.07. The molecule has 0 unspecified atom stereocenters. The Hall–Kier alpha value is -1.42. The lowest BCUT2D eigenvalue weighted by molar-refractivity contribution is 0.744. The molecule has 0 N–H and O–H groups in total. The zero-order valence-corrected chi connectivity index (χ0v) is 7.70. The van der Waals surface area contributed by atoms with Gasteiger partial charge in [0.05, 0.1) is 17.7 Å². The number of hydrogen-bond donors (Lipinski definition) is 0. The van der Waals surface area contributed by atoms with Crippen LogP contribution in [0, 0.1) is 0 Å². The smallest absolute Gasteiger partial charge is 0.250 e. The molecule has 2 heterocycles. The van der Waals surface area contributed by atoms with E-state index in [2.05, 4.69) is 4.98 Å². The van der Waals surface area contributed by atoms with E-state index in [-0.39, 0.29) is 5.56 Å². The Kier molecular flexibility index (Phi) is 2.23. The van der Waals surface area contributed by atoms with Crippen molar-refractivity contribution in [3.8, 4) is 0 Å². The molecule has 2 aromatic heterocycles. The highest BCUT2D eigenvalue weighted by atomic mass is 32.1. The van der Waals surface area contributed by atoms with Crippen LogP contribution in [-0.4, -0.2) is 9.55 Å². The molecule has 2 rings (SSSR count). The number of thiazole rings is 1. The summed E-state index contributed by atoms with van der Waals surface area (Å²) in [6, 6.07) is 5.13.